The Morgan fingerprint density at radius 3 is 2.85 bits per heavy atom. The third-order valence-corrected chi connectivity index (χ3v) is 4.31. The number of rotatable bonds is 1. The molecule has 2 aromatic heterocycles. The molecule has 0 unspecified atom stereocenters. The van der Waals surface area contributed by atoms with Crippen molar-refractivity contribution in [3.05, 3.63) is 40.7 Å². The molecule has 20 heavy (non-hydrogen) atoms. The Morgan fingerprint density at radius 1 is 1.10 bits per heavy atom. The van der Waals surface area contributed by atoms with Gasteiger partial charge in [0.2, 0.25) is 5.95 Å². The van der Waals surface area contributed by atoms with Gasteiger partial charge in [-0.15, -0.1) is 0 Å². The lowest BCUT2D eigenvalue weighted by molar-refractivity contribution is 0.691. The van der Waals surface area contributed by atoms with E-state index in [1.54, 1.807) is 4.68 Å². The Balaban J connectivity index is 1.85. The largest absolute Gasteiger partial charge is 0.322 e. The molecule has 0 bridgehead atoms. The lowest BCUT2D eigenvalue weighted by Gasteiger charge is -1.99. The van der Waals surface area contributed by atoms with Crippen LogP contribution in [0.1, 0.15) is 30.5 Å². The normalized spacial score (nSPS) is 15.2. The summed E-state index contributed by atoms with van der Waals surface area (Å²) >= 11 is 6.52. The fourth-order valence-electron chi connectivity index (χ4n) is 2.87. The van der Waals surface area contributed by atoms with E-state index in [0.717, 1.165) is 29.6 Å². The number of aryl methyl sites for hydroxylation is 1. The molecule has 0 aliphatic heterocycles. The average Bonchev–Trinajstić information content (AvgIpc) is 2.92. The van der Waals surface area contributed by atoms with Crippen LogP contribution in [0.2, 0.25) is 5.15 Å². The highest BCUT2D eigenvalue weighted by atomic mass is 35.5. The molecular weight excluding hydrogens is 272 g/mol. The van der Waals surface area contributed by atoms with Crippen LogP contribution in [-0.4, -0.2) is 19.7 Å². The van der Waals surface area contributed by atoms with Crippen LogP contribution in [0.4, 0.5) is 0 Å². The standard InChI is InChI=1S/C15H15ClN4/c16-14-10-6-2-1-3-7-11(10)19-20(14)15-17-12-8-4-5-9-13(12)18-15/h4-5,8-9H,1-3,6-7H2,(H,17,18). The Kier molecular flexibility index (Phi) is 2.77. The average molecular weight is 287 g/mol. The summed E-state index contributed by atoms with van der Waals surface area (Å²) in [5.74, 6) is 0.698. The molecule has 2 heterocycles. The molecule has 1 aromatic carbocycles. The van der Waals surface area contributed by atoms with E-state index in [0.29, 0.717) is 11.1 Å². The summed E-state index contributed by atoms with van der Waals surface area (Å²) in [4.78, 5) is 7.85. The van der Waals surface area contributed by atoms with Gasteiger partial charge in [0.05, 0.1) is 16.7 Å². The Bertz CT molecular complexity index is 738. The van der Waals surface area contributed by atoms with Gasteiger partial charge in [-0.25, -0.2) is 4.98 Å². The number of para-hydroxylation sites is 2. The van der Waals surface area contributed by atoms with Crippen molar-refractivity contribution in [2.75, 3.05) is 0 Å². The number of nitrogens with zero attached hydrogens (tertiary/aromatic N) is 3. The lowest BCUT2D eigenvalue weighted by atomic mass is 10.1. The van der Waals surface area contributed by atoms with Crippen molar-refractivity contribution < 1.29 is 0 Å². The third kappa shape index (κ3) is 1.83. The molecule has 4 nitrogen and oxygen atoms in total. The Hall–Kier alpha value is -1.81. The first kappa shape index (κ1) is 12.0. The van der Waals surface area contributed by atoms with Crippen LogP contribution in [-0.2, 0) is 12.8 Å². The minimum Gasteiger partial charge on any atom is -0.322 e. The number of aromatic amines is 1. The summed E-state index contributed by atoms with van der Waals surface area (Å²) in [5.41, 5.74) is 4.27. The number of nitrogens with one attached hydrogen (secondary N) is 1. The van der Waals surface area contributed by atoms with Gasteiger partial charge >= 0.3 is 0 Å². The second-order valence-electron chi connectivity index (χ2n) is 5.27. The molecule has 0 spiro atoms. The highest BCUT2D eigenvalue weighted by Crippen LogP contribution is 2.28. The van der Waals surface area contributed by atoms with Gasteiger partial charge in [-0.3, -0.25) is 0 Å². The van der Waals surface area contributed by atoms with Gasteiger partial charge < -0.3 is 4.98 Å². The molecular formula is C15H15ClN4. The van der Waals surface area contributed by atoms with Crippen LogP contribution in [0.3, 0.4) is 0 Å². The molecule has 0 saturated carbocycles. The van der Waals surface area contributed by atoms with Crippen LogP contribution < -0.4 is 0 Å². The Morgan fingerprint density at radius 2 is 1.95 bits per heavy atom. The van der Waals surface area contributed by atoms with Gasteiger partial charge in [-0.1, -0.05) is 30.2 Å². The maximum Gasteiger partial charge on any atom is 0.230 e. The fourth-order valence-corrected chi connectivity index (χ4v) is 3.19. The van der Waals surface area contributed by atoms with E-state index in [4.69, 9.17) is 11.6 Å². The van der Waals surface area contributed by atoms with Gasteiger partial charge in [-0.2, -0.15) is 9.78 Å². The number of aromatic nitrogens is 4. The summed E-state index contributed by atoms with van der Waals surface area (Å²) in [6.07, 6.45) is 5.69. The summed E-state index contributed by atoms with van der Waals surface area (Å²) in [6, 6.07) is 7.96. The van der Waals surface area contributed by atoms with Crippen LogP contribution >= 0.6 is 11.6 Å². The summed E-state index contributed by atoms with van der Waals surface area (Å²) in [5, 5.41) is 5.38. The first-order chi connectivity index (χ1) is 9.83. The van der Waals surface area contributed by atoms with E-state index in [1.165, 1.54) is 24.8 Å². The predicted octanol–water partition coefficient (Wildman–Crippen LogP) is 3.67. The van der Waals surface area contributed by atoms with Gasteiger partial charge in [0.15, 0.2) is 0 Å². The van der Waals surface area contributed by atoms with E-state index in [2.05, 4.69) is 15.1 Å². The SMILES string of the molecule is Clc1c2c(nn1-c1nc3ccccc3[nH]1)CCCCC2. The highest BCUT2D eigenvalue weighted by Gasteiger charge is 2.20. The zero-order valence-corrected chi connectivity index (χ0v) is 11.8. The van der Waals surface area contributed by atoms with Crippen molar-refractivity contribution in [2.45, 2.75) is 32.1 Å². The Labute approximate surface area is 121 Å². The molecule has 1 N–H and O–H groups in total. The quantitative estimate of drug-likeness (QED) is 0.694. The van der Waals surface area contributed by atoms with E-state index in [9.17, 15) is 0 Å². The maximum absolute atomic E-state index is 6.52. The van der Waals surface area contributed by atoms with Gasteiger partial charge in [0.1, 0.15) is 5.15 Å². The van der Waals surface area contributed by atoms with Crippen LogP contribution in [0.5, 0.6) is 0 Å². The highest BCUT2D eigenvalue weighted by molar-refractivity contribution is 6.30. The first-order valence-electron chi connectivity index (χ1n) is 7.04. The van der Waals surface area contributed by atoms with E-state index in [-0.39, 0.29) is 0 Å². The summed E-state index contributed by atoms with van der Waals surface area (Å²) in [6.45, 7) is 0. The van der Waals surface area contributed by atoms with Crippen LogP contribution in [0.25, 0.3) is 17.0 Å². The fraction of sp³-hybridized carbons (Fsp3) is 0.333. The number of H-pyrrole nitrogens is 1. The van der Waals surface area contributed by atoms with Crippen LogP contribution in [0.15, 0.2) is 24.3 Å². The van der Waals surface area contributed by atoms with Gasteiger partial charge in [0, 0.05) is 5.56 Å². The van der Waals surface area contributed by atoms with Gasteiger partial charge in [-0.05, 0) is 37.8 Å². The zero-order valence-electron chi connectivity index (χ0n) is 11.1. The van der Waals surface area contributed by atoms with Gasteiger partial charge in [0.25, 0.3) is 0 Å². The minimum atomic E-state index is 0.698. The molecule has 1 aliphatic carbocycles. The molecule has 0 atom stereocenters. The van der Waals surface area contributed by atoms with Crippen molar-refractivity contribution in [2.24, 2.45) is 0 Å². The van der Waals surface area contributed by atoms with E-state index in [1.807, 2.05) is 24.3 Å². The summed E-state index contributed by atoms with van der Waals surface area (Å²) in [7, 11) is 0. The lowest BCUT2D eigenvalue weighted by Crippen LogP contribution is -2.00. The first-order valence-corrected chi connectivity index (χ1v) is 7.42. The number of halogens is 1. The van der Waals surface area contributed by atoms with E-state index < -0.39 is 0 Å². The summed E-state index contributed by atoms with van der Waals surface area (Å²) < 4.78 is 1.75. The molecule has 0 radical (unpaired) electrons. The van der Waals surface area contributed by atoms with E-state index >= 15 is 0 Å². The molecule has 0 fully saturated rings. The molecule has 0 amide bonds. The van der Waals surface area contributed by atoms with Crippen molar-refractivity contribution in [3.8, 4) is 5.95 Å². The monoisotopic (exact) mass is 286 g/mol. The van der Waals surface area contributed by atoms with Crippen molar-refractivity contribution in [3.63, 3.8) is 0 Å². The molecule has 5 heteroatoms. The van der Waals surface area contributed by atoms with Crippen LogP contribution in [0, 0.1) is 0 Å². The molecule has 102 valence electrons. The number of benzene rings is 1. The third-order valence-electron chi connectivity index (χ3n) is 3.92. The number of hydrogen-bond acceptors (Lipinski definition) is 2. The molecule has 1 aliphatic rings. The smallest absolute Gasteiger partial charge is 0.230 e. The number of hydrogen-bond donors (Lipinski definition) is 1. The second-order valence-corrected chi connectivity index (χ2v) is 5.62. The van der Waals surface area contributed by atoms with Crippen molar-refractivity contribution >= 4 is 22.6 Å². The number of imidazole rings is 1. The number of fused-ring (bicyclic) bond motifs is 2. The second kappa shape index (κ2) is 4.63. The topological polar surface area (TPSA) is 46.5 Å². The predicted molar refractivity (Wildman–Crippen MR) is 79.5 cm³/mol. The maximum atomic E-state index is 6.52. The van der Waals surface area contributed by atoms with Crippen molar-refractivity contribution in [1.82, 2.24) is 19.7 Å². The molecule has 0 saturated heterocycles. The molecule has 4 rings (SSSR count). The van der Waals surface area contributed by atoms with Crippen molar-refractivity contribution in [1.29, 1.82) is 0 Å². The zero-order chi connectivity index (χ0) is 13.5. The molecule has 3 aromatic rings. The minimum absolute atomic E-state index is 0.698.